The van der Waals surface area contributed by atoms with E-state index in [9.17, 15) is 119 Å². The molecule has 1 unspecified atom stereocenters. The lowest BCUT2D eigenvalue weighted by molar-refractivity contribution is -0.282. The molecule has 41 nitrogen and oxygen atoms in total. The van der Waals surface area contributed by atoms with Crippen LogP contribution < -0.4 is 37.2 Å². The van der Waals surface area contributed by atoms with Crippen molar-refractivity contribution in [3.8, 4) is 0 Å². The summed E-state index contributed by atoms with van der Waals surface area (Å²) in [6.45, 7) is 3.74. The summed E-state index contributed by atoms with van der Waals surface area (Å²) in [5.41, 5.74) is 1.41. The van der Waals surface area contributed by atoms with E-state index in [1.807, 2.05) is 0 Å². The van der Waals surface area contributed by atoms with Gasteiger partial charge in [-0.3, -0.25) is 52.2 Å². The summed E-state index contributed by atoms with van der Waals surface area (Å²) in [5.74, 6) is -5.70. The molecular formula is C83H142N7O34P. The summed E-state index contributed by atoms with van der Waals surface area (Å²) in [5, 5.41) is 151. The number of aliphatic hydroxyl groups excluding tert-OH is 13. The topological polar surface area (TPSA) is 630 Å². The maximum atomic E-state index is 14.7. The average molecular weight is 1810 g/mol. The highest BCUT2D eigenvalue weighted by atomic mass is 31.2. The molecule has 5 rings (SSSR count). The van der Waals surface area contributed by atoms with E-state index in [1.165, 1.54) is 6.92 Å². The van der Waals surface area contributed by atoms with Crippen molar-refractivity contribution >= 4 is 60.7 Å². The fourth-order valence-electron chi connectivity index (χ4n) is 14.8. The Bertz CT molecular complexity index is 3410. The number of phosphoric acid groups is 1. The molecule has 24 atom stereocenters. The highest BCUT2D eigenvalue weighted by molar-refractivity contribution is 7.47. The monoisotopic (exact) mass is 1810 g/mol. The number of unbranched alkanes of at least 4 members (excludes halogenated alkanes) is 9. The van der Waals surface area contributed by atoms with E-state index in [0.29, 0.717) is 93.7 Å². The molecule has 0 aromatic heterocycles. The van der Waals surface area contributed by atoms with Crippen molar-refractivity contribution in [3.05, 3.63) is 34.9 Å². The van der Waals surface area contributed by atoms with Crippen LogP contribution in [0, 0.1) is 17.8 Å². The van der Waals surface area contributed by atoms with Gasteiger partial charge in [-0.1, -0.05) is 51.8 Å². The third kappa shape index (κ3) is 39.4. The van der Waals surface area contributed by atoms with Gasteiger partial charge in [0.1, 0.15) is 78.8 Å². The molecule has 1 aromatic rings. The van der Waals surface area contributed by atoms with Crippen LogP contribution in [0.1, 0.15) is 218 Å². The number of ether oxygens (including phenoxy) is 8. The number of carbonyl (C=O) groups excluding carboxylic acids is 9. The van der Waals surface area contributed by atoms with Gasteiger partial charge in [-0.25, -0.2) is 4.57 Å². The summed E-state index contributed by atoms with van der Waals surface area (Å²) < 4.78 is 67.2. The first kappa shape index (κ1) is 110. The third-order valence-electron chi connectivity index (χ3n) is 22.6. The van der Waals surface area contributed by atoms with E-state index in [-0.39, 0.29) is 173 Å². The van der Waals surface area contributed by atoms with E-state index in [1.54, 1.807) is 39.0 Å². The SMILES string of the molecule is COP(=O)(O)OCc1cc(CO)cc(CNC(=O)CCCCC(=O)[C@H](CCCCNC(=O)[C@H](CCCCCC(=O)CCCCO[C@@H]2O[C@H](CO)[C@H](O)[C@H](O)[C@H]2NC(C)=O)NC(=O)CCCCO[C@@H]2O[C@H](CO)[C@H](O)[C@H](O)[C@H]2C)NC(=O)[C@H](CCCCNC(=O)CCCCO[C@@H]2O[C@H](CO)[C@H](O)[C@H](O)[C@H]2C)NC(=O)CCCCO[C@@H]2O[C@H](CO)[C@H](O)[C@H](O)[C@H]2C)c1. The number of aliphatic hydroxyl groups is 13. The van der Waals surface area contributed by atoms with Gasteiger partial charge in [0.15, 0.2) is 30.9 Å². The highest BCUT2D eigenvalue weighted by Crippen LogP contribution is 2.43. The number of amides is 7. The lowest BCUT2D eigenvalue weighted by Gasteiger charge is -2.42. The summed E-state index contributed by atoms with van der Waals surface area (Å²) >= 11 is 0. The van der Waals surface area contributed by atoms with E-state index in [2.05, 4.69) is 41.7 Å². The van der Waals surface area contributed by atoms with Crippen LogP contribution in [0.25, 0.3) is 0 Å². The molecule has 4 aliphatic heterocycles. The molecule has 7 amide bonds. The van der Waals surface area contributed by atoms with Gasteiger partial charge < -0.3 is 146 Å². The Hall–Kier alpha value is -5.88. The normalized spacial score (nSPS) is 27.5. The van der Waals surface area contributed by atoms with Crippen molar-refractivity contribution < 1.29 is 166 Å². The lowest BCUT2D eigenvalue weighted by Crippen LogP contribution is -2.64. The summed E-state index contributed by atoms with van der Waals surface area (Å²) in [6.07, 6.45) is -12.5. The second kappa shape index (κ2) is 59.4. The Labute approximate surface area is 730 Å². The van der Waals surface area contributed by atoms with Crippen molar-refractivity contribution in [1.29, 1.82) is 0 Å². The molecule has 718 valence electrons. The maximum absolute atomic E-state index is 14.7. The number of hydrogen-bond donors (Lipinski definition) is 21. The Morgan fingerprint density at radius 1 is 0.408 bits per heavy atom. The van der Waals surface area contributed by atoms with Crippen LogP contribution >= 0.6 is 7.82 Å². The Morgan fingerprint density at radius 2 is 0.784 bits per heavy atom. The van der Waals surface area contributed by atoms with Crippen molar-refractivity contribution in [2.24, 2.45) is 17.8 Å². The van der Waals surface area contributed by atoms with Gasteiger partial charge in [0.2, 0.25) is 41.4 Å². The smallest absolute Gasteiger partial charge is 0.394 e. The Balaban J connectivity index is 1.24. The molecule has 0 bridgehead atoms. The minimum atomic E-state index is -4.34. The molecular weight excluding hydrogens is 1670 g/mol. The van der Waals surface area contributed by atoms with Crippen LogP contribution in [-0.4, -0.2) is 320 Å². The van der Waals surface area contributed by atoms with Crippen molar-refractivity contribution in [3.63, 3.8) is 0 Å². The van der Waals surface area contributed by atoms with E-state index in [0.717, 1.165) is 7.11 Å². The predicted octanol–water partition coefficient (Wildman–Crippen LogP) is -1.35. The fourth-order valence-corrected chi connectivity index (χ4v) is 15.2. The molecule has 42 heteroatoms. The average Bonchev–Trinajstić information content (AvgIpc) is 0.780. The molecule has 0 aliphatic carbocycles. The van der Waals surface area contributed by atoms with E-state index < -0.39 is 210 Å². The minimum absolute atomic E-state index is 0.00374. The summed E-state index contributed by atoms with van der Waals surface area (Å²) in [4.78, 5) is 132. The molecule has 0 spiro atoms. The molecule has 21 N–H and O–H groups in total. The number of hydrogen-bond acceptors (Lipinski definition) is 33. The Morgan fingerprint density at radius 3 is 1.25 bits per heavy atom. The molecule has 4 fully saturated rings. The molecule has 4 saturated heterocycles. The van der Waals surface area contributed by atoms with Crippen LogP contribution in [0.5, 0.6) is 0 Å². The number of nitrogens with one attached hydrogen (secondary N) is 7. The van der Waals surface area contributed by atoms with Gasteiger partial charge in [0.05, 0.1) is 64.0 Å². The van der Waals surface area contributed by atoms with Gasteiger partial charge >= 0.3 is 7.82 Å². The summed E-state index contributed by atoms with van der Waals surface area (Å²) in [6, 6.07) is 0.281. The van der Waals surface area contributed by atoms with Crippen LogP contribution in [0.3, 0.4) is 0 Å². The first-order chi connectivity index (χ1) is 59.7. The van der Waals surface area contributed by atoms with E-state index >= 15 is 0 Å². The van der Waals surface area contributed by atoms with Crippen LogP contribution in [0.2, 0.25) is 0 Å². The minimum Gasteiger partial charge on any atom is -0.394 e. The van der Waals surface area contributed by atoms with Gasteiger partial charge in [-0.05, 0) is 132 Å². The summed E-state index contributed by atoms with van der Waals surface area (Å²) in [7, 11) is -3.33. The van der Waals surface area contributed by atoms with Crippen molar-refractivity contribution in [1.82, 2.24) is 37.2 Å². The van der Waals surface area contributed by atoms with Gasteiger partial charge in [0, 0.05) is 123 Å². The lowest BCUT2D eigenvalue weighted by atomic mass is 9.92. The maximum Gasteiger partial charge on any atom is 0.472 e. The number of ketones is 2. The van der Waals surface area contributed by atoms with Gasteiger partial charge in [-0.2, -0.15) is 0 Å². The Kier molecular flexibility index (Phi) is 52.1. The van der Waals surface area contributed by atoms with Gasteiger partial charge in [-0.15, -0.1) is 0 Å². The van der Waals surface area contributed by atoms with Gasteiger partial charge in [0.25, 0.3) is 0 Å². The largest absolute Gasteiger partial charge is 0.472 e. The second-order valence-corrected chi connectivity index (χ2v) is 34.3. The molecule has 125 heavy (non-hydrogen) atoms. The zero-order valence-corrected chi connectivity index (χ0v) is 73.6. The quantitative estimate of drug-likeness (QED) is 0.0265. The number of rotatable bonds is 63. The highest BCUT2D eigenvalue weighted by Gasteiger charge is 2.47. The van der Waals surface area contributed by atoms with Crippen molar-refractivity contribution in [2.75, 3.05) is 73.1 Å². The number of benzene rings is 1. The first-order valence-electron chi connectivity index (χ1n) is 43.9. The standard InChI is InChI=1S/C83H142N7O34P/c1-49-70(103)73(106)61(44-92)121-80(49)116-35-20-14-30-65(99)84-33-17-12-27-59(89-68(102)32-16-22-37-118-82-51(3)72(105)75(108)63(46-94)123-82)79(112)90-57(60(98)28-9-10-29-66(100)86-42-53-39-54(43-91)41-55(40-53)48-120-125(113,114)115-5)25-11-18-34-85-78(111)58(88-67(101)31-15-21-36-117-81-50(2)71(104)74(107)62(45-93)122-81)26-8-6-7-23-56(97)24-13-19-38-119-83-69(87-52(4)96)77(110)76(109)64(47-95)124-83/h39-41,49-51,57-59,61-64,69-77,80-83,91-95,103-110H,6-38,42-48H2,1-5H3,(H,84,99)(H,85,111)(H,86,100)(H,87,96)(H,88,101)(H,89,102)(H,90,112)(H,113,114)/t49-,50-,51-,57+,58+,59+,61-,62-,63-,64-,69-,70-,71-,72-,73+,74+,75+,76+,77-,80-,81-,82-,83-/m1/s1. The predicted molar refractivity (Wildman–Crippen MR) is 442 cm³/mol. The number of phosphoric ester groups is 1. The van der Waals surface area contributed by atoms with Crippen molar-refractivity contribution in [2.45, 2.75) is 343 Å². The van der Waals surface area contributed by atoms with E-state index in [4.69, 9.17) is 42.4 Å². The number of Topliss-reactive ketones (excluding diaryl/α,β-unsaturated/α-hetero) is 2. The first-order valence-corrected chi connectivity index (χ1v) is 45.4. The third-order valence-corrected chi connectivity index (χ3v) is 23.5. The van der Waals surface area contributed by atoms with Crippen LogP contribution in [0.15, 0.2) is 18.2 Å². The zero-order valence-electron chi connectivity index (χ0n) is 72.7. The number of carbonyl (C=O) groups is 9. The van der Waals surface area contributed by atoms with Crippen LogP contribution in [-0.2, 0) is 114 Å². The molecule has 4 aliphatic rings. The fraction of sp³-hybridized carbons (Fsp3) is 0.819. The molecule has 0 radical (unpaired) electrons. The molecule has 4 heterocycles. The molecule has 1 aromatic carbocycles. The second-order valence-electron chi connectivity index (χ2n) is 32.7. The van der Waals surface area contributed by atoms with Crippen LogP contribution in [0.4, 0.5) is 0 Å². The molecule has 0 saturated carbocycles. The zero-order chi connectivity index (χ0) is 92.1.